The van der Waals surface area contributed by atoms with Gasteiger partial charge in [-0.05, 0) is 24.5 Å². The van der Waals surface area contributed by atoms with Crippen molar-refractivity contribution in [2.45, 2.75) is 33.6 Å². The van der Waals surface area contributed by atoms with Crippen LogP contribution < -0.4 is 5.32 Å². The molecule has 0 aromatic heterocycles. The Morgan fingerprint density at radius 2 is 2.18 bits per heavy atom. The summed E-state index contributed by atoms with van der Waals surface area (Å²) >= 11 is 0. The lowest BCUT2D eigenvalue weighted by molar-refractivity contribution is 0.267. The average Bonchev–Trinajstić information content (AvgIpc) is 2.25. The fraction of sp³-hybridized carbons (Fsp3) is 0.786. The van der Waals surface area contributed by atoms with Crippen molar-refractivity contribution in [1.82, 2.24) is 10.2 Å². The van der Waals surface area contributed by atoms with Gasteiger partial charge >= 0.3 is 0 Å². The number of nitriles is 1. The van der Waals surface area contributed by atoms with Crippen molar-refractivity contribution in [2.75, 3.05) is 32.7 Å². The fourth-order valence-corrected chi connectivity index (χ4v) is 1.77. The van der Waals surface area contributed by atoms with E-state index in [1.54, 1.807) is 0 Å². The Labute approximate surface area is 106 Å². The molecule has 0 amide bonds. The van der Waals surface area contributed by atoms with E-state index in [4.69, 9.17) is 5.26 Å². The van der Waals surface area contributed by atoms with Gasteiger partial charge in [-0.15, -0.1) is 0 Å². The Morgan fingerprint density at radius 3 is 2.71 bits per heavy atom. The minimum atomic E-state index is 0.600. The van der Waals surface area contributed by atoms with Crippen LogP contribution in [0.25, 0.3) is 0 Å². The van der Waals surface area contributed by atoms with Crippen molar-refractivity contribution in [3.8, 4) is 6.07 Å². The minimum Gasteiger partial charge on any atom is -0.313 e. The van der Waals surface area contributed by atoms with Crippen LogP contribution in [0.15, 0.2) is 12.2 Å². The third kappa shape index (κ3) is 10.0. The van der Waals surface area contributed by atoms with Gasteiger partial charge in [-0.25, -0.2) is 0 Å². The van der Waals surface area contributed by atoms with Gasteiger partial charge in [-0.1, -0.05) is 27.4 Å². The fourth-order valence-electron chi connectivity index (χ4n) is 1.77. The Morgan fingerprint density at radius 1 is 1.47 bits per heavy atom. The second kappa shape index (κ2) is 10.3. The van der Waals surface area contributed by atoms with E-state index in [0.29, 0.717) is 12.3 Å². The van der Waals surface area contributed by atoms with Crippen LogP contribution in [0.1, 0.15) is 33.6 Å². The first-order valence-electron chi connectivity index (χ1n) is 6.56. The summed E-state index contributed by atoms with van der Waals surface area (Å²) in [4.78, 5) is 2.32. The van der Waals surface area contributed by atoms with Gasteiger partial charge in [0.05, 0.1) is 6.07 Å². The molecule has 1 N–H and O–H groups in total. The minimum absolute atomic E-state index is 0.600. The molecule has 0 aliphatic heterocycles. The van der Waals surface area contributed by atoms with E-state index in [9.17, 15) is 0 Å². The lowest BCUT2D eigenvalue weighted by Crippen LogP contribution is -2.33. The van der Waals surface area contributed by atoms with Gasteiger partial charge < -0.3 is 5.32 Å². The summed E-state index contributed by atoms with van der Waals surface area (Å²) in [6.45, 7) is 15.4. The normalized spacial score (nSPS) is 10.8. The van der Waals surface area contributed by atoms with E-state index >= 15 is 0 Å². The van der Waals surface area contributed by atoms with Crippen LogP contribution in [0, 0.1) is 17.2 Å². The first kappa shape index (κ1) is 16.1. The number of hydrogen-bond donors (Lipinski definition) is 1. The molecule has 0 unspecified atom stereocenters. The van der Waals surface area contributed by atoms with E-state index in [0.717, 1.165) is 39.1 Å². The van der Waals surface area contributed by atoms with Gasteiger partial charge in [0, 0.05) is 32.6 Å². The van der Waals surface area contributed by atoms with Crippen LogP contribution in [0.2, 0.25) is 0 Å². The zero-order chi connectivity index (χ0) is 13.1. The number of nitrogens with one attached hydrogen (secondary N) is 1. The molecular formula is C14H27N3. The Kier molecular flexibility index (Phi) is 9.80. The predicted octanol–water partition coefficient (Wildman–Crippen LogP) is 2.41. The maximum Gasteiger partial charge on any atom is 0.0635 e. The molecule has 0 rings (SSSR count). The topological polar surface area (TPSA) is 39.1 Å². The average molecular weight is 237 g/mol. The van der Waals surface area contributed by atoms with E-state index in [1.165, 1.54) is 5.57 Å². The Hall–Kier alpha value is -0.850. The standard InChI is InChI=1S/C14H27N3/c1-5-8-16-10-14(4)12-17(9-6-7-15)11-13(2)3/h13,16H,4-6,8-12H2,1-3H3. The number of hydrogen-bond acceptors (Lipinski definition) is 3. The monoisotopic (exact) mass is 237 g/mol. The molecule has 0 atom stereocenters. The highest BCUT2D eigenvalue weighted by molar-refractivity contribution is 5.00. The van der Waals surface area contributed by atoms with Gasteiger partial charge in [0.15, 0.2) is 0 Å². The van der Waals surface area contributed by atoms with E-state index in [-0.39, 0.29) is 0 Å². The van der Waals surface area contributed by atoms with Gasteiger partial charge in [-0.3, -0.25) is 4.90 Å². The summed E-state index contributed by atoms with van der Waals surface area (Å²) in [6.07, 6.45) is 1.75. The summed E-state index contributed by atoms with van der Waals surface area (Å²) in [6, 6.07) is 2.21. The first-order valence-corrected chi connectivity index (χ1v) is 6.56. The van der Waals surface area contributed by atoms with Gasteiger partial charge in [0.25, 0.3) is 0 Å². The third-order valence-corrected chi connectivity index (χ3v) is 2.41. The molecule has 0 saturated heterocycles. The predicted molar refractivity (Wildman–Crippen MR) is 73.8 cm³/mol. The lowest BCUT2D eigenvalue weighted by atomic mass is 10.2. The summed E-state index contributed by atoms with van der Waals surface area (Å²) in [5.41, 5.74) is 1.21. The van der Waals surface area contributed by atoms with Crippen molar-refractivity contribution in [3.05, 3.63) is 12.2 Å². The van der Waals surface area contributed by atoms with Crippen molar-refractivity contribution in [3.63, 3.8) is 0 Å². The van der Waals surface area contributed by atoms with Gasteiger partial charge in [0.2, 0.25) is 0 Å². The molecule has 0 aliphatic rings. The van der Waals surface area contributed by atoms with Crippen LogP contribution in [-0.4, -0.2) is 37.6 Å². The van der Waals surface area contributed by atoms with Crippen LogP contribution in [-0.2, 0) is 0 Å². The highest BCUT2D eigenvalue weighted by Crippen LogP contribution is 2.03. The lowest BCUT2D eigenvalue weighted by Gasteiger charge is -2.24. The molecule has 0 aromatic rings. The van der Waals surface area contributed by atoms with Crippen molar-refractivity contribution in [2.24, 2.45) is 5.92 Å². The Bertz CT molecular complexity index is 240. The van der Waals surface area contributed by atoms with Crippen molar-refractivity contribution < 1.29 is 0 Å². The van der Waals surface area contributed by atoms with Crippen LogP contribution >= 0.6 is 0 Å². The molecule has 0 bridgehead atoms. The van der Waals surface area contributed by atoms with Crippen LogP contribution in [0.3, 0.4) is 0 Å². The quantitative estimate of drug-likeness (QED) is 0.468. The molecule has 0 fully saturated rings. The summed E-state index contributed by atoms with van der Waals surface area (Å²) in [7, 11) is 0. The molecule has 0 radical (unpaired) electrons. The molecule has 0 heterocycles. The largest absolute Gasteiger partial charge is 0.313 e. The van der Waals surface area contributed by atoms with Gasteiger partial charge in [0.1, 0.15) is 0 Å². The summed E-state index contributed by atoms with van der Waals surface area (Å²) in [5, 5.41) is 12.0. The first-order chi connectivity index (χ1) is 8.10. The summed E-state index contributed by atoms with van der Waals surface area (Å²) < 4.78 is 0. The van der Waals surface area contributed by atoms with Crippen molar-refractivity contribution >= 4 is 0 Å². The molecule has 17 heavy (non-hydrogen) atoms. The zero-order valence-corrected chi connectivity index (χ0v) is 11.6. The van der Waals surface area contributed by atoms with E-state index in [1.807, 2.05) is 0 Å². The molecule has 0 saturated carbocycles. The van der Waals surface area contributed by atoms with Crippen LogP contribution in [0.4, 0.5) is 0 Å². The smallest absolute Gasteiger partial charge is 0.0635 e. The maximum atomic E-state index is 8.65. The third-order valence-electron chi connectivity index (χ3n) is 2.41. The van der Waals surface area contributed by atoms with E-state index < -0.39 is 0 Å². The number of nitrogens with zero attached hydrogens (tertiary/aromatic N) is 2. The van der Waals surface area contributed by atoms with Crippen LogP contribution in [0.5, 0.6) is 0 Å². The molecule has 3 nitrogen and oxygen atoms in total. The molecule has 98 valence electrons. The van der Waals surface area contributed by atoms with Crippen molar-refractivity contribution in [1.29, 1.82) is 5.26 Å². The molecule has 0 aromatic carbocycles. The van der Waals surface area contributed by atoms with E-state index in [2.05, 4.69) is 43.6 Å². The molecule has 0 aliphatic carbocycles. The second-order valence-corrected chi connectivity index (χ2v) is 4.96. The zero-order valence-electron chi connectivity index (χ0n) is 11.6. The highest BCUT2D eigenvalue weighted by atomic mass is 15.1. The maximum absolute atomic E-state index is 8.65. The van der Waals surface area contributed by atoms with Gasteiger partial charge in [-0.2, -0.15) is 5.26 Å². The molecule has 3 heteroatoms. The molecular weight excluding hydrogens is 210 g/mol. The molecule has 0 spiro atoms. The number of rotatable bonds is 10. The summed E-state index contributed by atoms with van der Waals surface area (Å²) in [5.74, 6) is 0.630. The Balaban J connectivity index is 3.95. The highest BCUT2D eigenvalue weighted by Gasteiger charge is 2.08. The second-order valence-electron chi connectivity index (χ2n) is 4.96. The SMILES string of the molecule is C=C(CNCCC)CN(CCC#N)CC(C)C.